The fraction of sp³-hybridized carbons (Fsp3) is 0.276. The van der Waals surface area contributed by atoms with E-state index in [0.717, 1.165) is 21.3 Å². The van der Waals surface area contributed by atoms with E-state index in [0.29, 0.717) is 23.3 Å². The van der Waals surface area contributed by atoms with E-state index in [9.17, 15) is 9.59 Å². The van der Waals surface area contributed by atoms with Crippen LogP contribution in [-0.2, 0) is 16.0 Å². The van der Waals surface area contributed by atoms with Gasteiger partial charge < -0.3 is 14.8 Å². The van der Waals surface area contributed by atoms with Crippen LogP contribution < -0.4 is 20.2 Å². The van der Waals surface area contributed by atoms with Crippen molar-refractivity contribution >= 4 is 57.2 Å². The third kappa shape index (κ3) is 9.88. The van der Waals surface area contributed by atoms with Gasteiger partial charge in [0.2, 0.25) is 0 Å². The van der Waals surface area contributed by atoms with Gasteiger partial charge in [-0.1, -0.05) is 67.4 Å². The predicted octanol–water partition coefficient (Wildman–Crippen LogP) is 6.44. The molecule has 10 heteroatoms. The van der Waals surface area contributed by atoms with Crippen LogP contribution in [0.5, 0.6) is 11.5 Å². The second-order valence-electron chi connectivity index (χ2n) is 9.21. The summed E-state index contributed by atoms with van der Waals surface area (Å²) in [4.78, 5) is 26.0. The molecular weight excluding hydrogens is 605 g/mol. The molecule has 0 aliphatic rings. The Hall–Kier alpha value is -3.07. The molecule has 0 fully saturated rings. The molecular formula is C29H30BrCl2N3O4. The first-order valence-electron chi connectivity index (χ1n) is 12.3. The van der Waals surface area contributed by atoms with Crippen molar-refractivity contribution in [1.82, 2.24) is 10.7 Å². The van der Waals surface area contributed by atoms with Crippen molar-refractivity contribution in [2.24, 2.45) is 11.0 Å². The second kappa shape index (κ2) is 14.9. The smallest absolute Gasteiger partial charge is 0.262 e. The minimum atomic E-state index is -0.924. The molecule has 3 aromatic carbocycles. The number of ether oxygens (including phenoxy) is 2. The number of halogens is 3. The largest absolute Gasteiger partial charge is 0.492 e. The lowest BCUT2D eigenvalue weighted by atomic mass is 10.1. The lowest BCUT2D eigenvalue weighted by molar-refractivity contribution is -0.132. The highest BCUT2D eigenvalue weighted by Crippen LogP contribution is 2.28. The van der Waals surface area contributed by atoms with Gasteiger partial charge in [-0.25, -0.2) is 5.43 Å². The number of hydrogen-bond donors (Lipinski definition) is 2. The number of hydrazone groups is 1. The van der Waals surface area contributed by atoms with Crippen LogP contribution in [0.25, 0.3) is 0 Å². The van der Waals surface area contributed by atoms with Crippen LogP contribution in [0.15, 0.2) is 76.3 Å². The summed E-state index contributed by atoms with van der Waals surface area (Å²) in [5.74, 6) is 0.483. The van der Waals surface area contributed by atoms with Crippen molar-refractivity contribution in [3.63, 3.8) is 0 Å². The van der Waals surface area contributed by atoms with Gasteiger partial charge in [0.1, 0.15) is 17.5 Å². The standard InChI is InChI=1S/C29H30BrCl2N3O4/c1-18(2)17-38-26-11-9-21(13-23(26)30)16-33-35-29(37)25(14-20-7-5-4-6-8-20)34-28(36)19(3)39-27-12-10-22(31)15-24(27)32/h4-13,15-16,18-19,25H,14,17H2,1-3H3,(H,34,36)(H,35,37)/b33-16-/t19-,25-/m1/s1. The lowest BCUT2D eigenvalue weighted by Crippen LogP contribution is -2.50. The van der Waals surface area contributed by atoms with Gasteiger partial charge >= 0.3 is 0 Å². The van der Waals surface area contributed by atoms with Crippen molar-refractivity contribution in [2.45, 2.75) is 39.3 Å². The fourth-order valence-electron chi connectivity index (χ4n) is 3.38. The maximum atomic E-state index is 13.1. The van der Waals surface area contributed by atoms with Crippen molar-refractivity contribution in [1.29, 1.82) is 0 Å². The minimum Gasteiger partial charge on any atom is -0.492 e. The summed E-state index contributed by atoms with van der Waals surface area (Å²) >= 11 is 15.6. The highest BCUT2D eigenvalue weighted by atomic mass is 79.9. The monoisotopic (exact) mass is 633 g/mol. The van der Waals surface area contributed by atoms with E-state index in [4.69, 9.17) is 32.7 Å². The normalized spacial score (nSPS) is 12.7. The van der Waals surface area contributed by atoms with Gasteiger partial charge in [0.05, 0.1) is 22.3 Å². The first kappa shape index (κ1) is 30.5. The van der Waals surface area contributed by atoms with E-state index in [-0.39, 0.29) is 11.4 Å². The van der Waals surface area contributed by atoms with Crippen LogP contribution in [0.3, 0.4) is 0 Å². The Morgan fingerprint density at radius 1 is 0.974 bits per heavy atom. The van der Waals surface area contributed by atoms with Crippen LogP contribution >= 0.6 is 39.1 Å². The number of hydrogen-bond acceptors (Lipinski definition) is 5. The predicted molar refractivity (Wildman–Crippen MR) is 159 cm³/mol. The Bertz CT molecular complexity index is 1300. The zero-order valence-electron chi connectivity index (χ0n) is 21.8. The Labute approximate surface area is 247 Å². The maximum Gasteiger partial charge on any atom is 0.262 e. The summed E-state index contributed by atoms with van der Waals surface area (Å²) in [6.45, 7) is 6.33. The number of nitrogens with one attached hydrogen (secondary N) is 2. The van der Waals surface area contributed by atoms with Crippen molar-refractivity contribution in [3.05, 3.63) is 92.4 Å². The van der Waals surface area contributed by atoms with Gasteiger partial charge in [-0.2, -0.15) is 5.10 Å². The summed E-state index contributed by atoms with van der Waals surface area (Å²) in [6.07, 6.45) is 0.854. The van der Waals surface area contributed by atoms with Crippen LogP contribution in [0.1, 0.15) is 31.9 Å². The molecule has 0 saturated heterocycles. The molecule has 0 heterocycles. The van der Waals surface area contributed by atoms with Gasteiger partial charge in [0.25, 0.3) is 11.8 Å². The third-order valence-electron chi connectivity index (χ3n) is 5.40. The average molecular weight is 635 g/mol. The van der Waals surface area contributed by atoms with E-state index < -0.39 is 24.0 Å². The van der Waals surface area contributed by atoms with Gasteiger partial charge in [-0.15, -0.1) is 0 Å². The molecule has 0 saturated carbocycles. The number of rotatable bonds is 12. The molecule has 0 unspecified atom stereocenters. The summed E-state index contributed by atoms with van der Waals surface area (Å²) in [5, 5.41) is 7.58. The Kier molecular flexibility index (Phi) is 11.7. The first-order chi connectivity index (χ1) is 18.6. The molecule has 0 bridgehead atoms. The lowest BCUT2D eigenvalue weighted by Gasteiger charge is -2.21. The van der Waals surface area contributed by atoms with Crippen LogP contribution in [0.2, 0.25) is 10.0 Å². The summed E-state index contributed by atoms with van der Waals surface area (Å²) < 4.78 is 12.2. The Morgan fingerprint density at radius 3 is 2.36 bits per heavy atom. The highest BCUT2D eigenvalue weighted by Gasteiger charge is 2.25. The molecule has 3 rings (SSSR count). The summed E-state index contributed by atoms with van der Waals surface area (Å²) in [6, 6.07) is 18.7. The van der Waals surface area contributed by atoms with E-state index in [1.807, 2.05) is 48.5 Å². The molecule has 206 valence electrons. The molecule has 7 nitrogen and oxygen atoms in total. The van der Waals surface area contributed by atoms with Gasteiger partial charge in [0, 0.05) is 11.4 Å². The zero-order chi connectivity index (χ0) is 28.4. The zero-order valence-corrected chi connectivity index (χ0v) is 24.9. The topological polar surface area (TPSA) is 89.0 Å². The van der Waals surface area contributed by atoms with Crippen molar-refractivity contribution in [2.75, 3.05) is 6.61 Å². The SMILES string of the molecule is CC(C)COc1ccc(/C=N\NC(=O)[C@@H](Cc2ccccc2)NC(=O)[C@@H](C)Oc2ccc(Cl)cc2Cl)cc1Br. The molecule has 0 aliphatic carbocycles. The number of amides is 2. The first-order valence-corrected chi connectivity index (χ1v) is 13.9. The van der Waals surface area contributed by atoms with Crippen LogP contribution in [0, 0.1) is 5.92 Å². The molecule has 2 N–H and O–H groups in total. The Morgan fingerprint density at radius 2 is 1.69 bits per heavy atom. The number of nitrogens with zero attached hydrogens (tertiary/aromatic N) is 1. The molecule has 0 aromatic heterocycles. The minimum absolute atomic E-state index is 0.260. The second-order valence-corrected chi connectivity index (χ2v) is 10.9. The quantitative estimate of drug-likeness (QED) is 0.177. The molecule has 2 amide bonds. The third-order valence-corrected chi connectivity index (χ3v) is 6.55. The Balaban J connectivity index is 1.66. The van der Waals surface area contributed by atoms with Crippen molar-refractivity contribution in [3.8, 4) is 11.5 Å². The number of carbonyl (C=O) groups is 2. The van der Waals surface area contributed by atoms with E-state index in [1.165, 1.54) is 12.3 Å². The van der Waals surface area contributed by atoms with Crippen LogP contribution in [-0.4, -0.2) is 36.8 Å². The molecule has 3 aromatic rings. The molecule has 0 spiro atoms. The number of benzene rings is 3. The molecule has 0 aliphatic heterocycles. The highest BCUT2D eigenvalue weighted by molar-refractivity contribution is 9.10. The molecule has 2 atom stereocenters. The van der Waals surface area contributed by atoms with Crippen LogP contribution in [0.4, 0.5) is 0 Å². The summed E-state index contributed by atoms with van der Waals surface area (Å²) in [5.41, 5.74) is 4.15. The maximum absolute atomic E-state index is 13.1. The van der Waals surface area contributed by atoms with Crippen molar-refractivity contribution < 1.29 is 19.1 Å². The molecule has 0 radical (unpaired) electrons. The fourth-order valence-corrected chi connectivity index (χ4v) is 4.35. The van der Waals surface area contributed by atoms with Gasteiger partial charge in [-0.05, 0) is 76.3 Å². The number of carbonyl (C=O) groups excluding carboxylic acids is 2. The summed E-state index contributed by atoms with van der Waals surface area (Å²) in [7, 11) is 0. The van der Waals surface area contributed by atoms with E-state index >= 15 is 0 Å². The average Bonchev–Trinajstić information content (AvgIpc) is 2.89. The van der Waals surface area contributed by atoms with Gasteiger partial charge in [0.15, 0.2) is 6.10 Å². The van der Waals surface area contributed by atoms with Gasteiger partial charge in [-0.3, -0.25) is 9.59 Å². The molecule has 39 heavy (non-hydrogen) atoms. The van der Waals surface area contributed by atoms with E-state index in [2.05, 4.69) is 45.6 Å². The van der Waals surface area contributed by atoms with E-state index in [1.54, 1.807) is 19.1 Å².